The van der Waals surface area contributed by atoms with Gasteiger partial charge in [-0.15, -0.1) is 0 Å². The lowest BCUT2D eigenvalue weighted by molar-refractivity contribution is 0.310. The maximum atomic E-state index is 11.6. The highest BCUT2D eigenvalue weighted by Crippen LogP contribution is 2.01. The summed E-state index contributed by atoms with van der Waals surface area (Å²) in [4.78, 5) is 0. The van der Waals surface area contributed by atoms with Gasteiger partial charge in [-0.3, -0.25) is 8.57 Å². The first-order valence-corrected chi connectivity index (χ1v) is 6.13. The van der Waals surface area contributed by atoms with Crippen LogP contribution in [0.15, 0.2) is 0 Å². The van der Waals surface area contributed by atoms with Crippen molar-refractivity contribution in [3.05, 3.63) is 0 Å². The Morgan fingerprint density at radius 2 is 1.92 bits per heavy atom. The van der Waals surface area contributed by atoms with Crippen molar-refractivity contribution in [2.75, 3.05) is 19.0 Å². The molecule has 0 spiro atoms. The molecule has 3 nitrogen and oxygen atoms in total. The average Bonchev–Trinajstić information content (AvgIpc) is 2.05. The molecule has 5 heteroatoms. The molecule has 0 aliphatic heterocycles. The summed E-state index contributed by atoms with van der Waals surface area (Å²) in [5.41, 5.74) is 0. The standard InChI is InChI=1S/C8H17FO3S/c1-2-3-7-12-13(10,11)8-5-4-6-9/h2-8H2,1H3. The summed E-state index contributed by atoms with van der Waals surface area (Å²) in [6.45, 7) is 1.73. The van der Waals surface area contributed by atoms with Crippen molar-refractivity contribution in [2.45, 2.75) is 32.6 Å². The summed E-state index contributed by atoms with van der Waals surface area (Å²) in [7, 11) is -3.39. The molecule has 0 aliphatic rings. The highest BCUT2D eigenvalue weighted by atomic mass is 32.2. The lowest BCUT2D eigenvalue weighted by atomic mass is 10.4. The van der Waals surface area contributed by atoms with E-state index in [4.69, 9.17) is 0 Å². The van der Waals surface area contributed by atoms with Gasteiger partial charge in [-0.1, -0.05) is 13.3 Å². The van der Waals surface area contributed by atoms with Gasteiger partial charge in [-0.05, 0) is 19.3 Å². The quantitative estimate of drug-likeness (QED) is 0.456. The summed E-state index contributed by atoms with van der Waals surface area (Å²) < 4.78 is 38.4. The van der Waals surface area contributed by atoms with Gasteiger partial charge in [-0.2, -0.15) is 8.42 Å². The maximum Gasteiger partial charge on any atom is 0.267 e. The molecule has 0 aromatic heterocycles. The van der Waals surface area contributed by atoms with Crippen LogP contribution in [0.2, 0.25) is 0 Å². The van der Waals surface area contributed by atoms with Gasteiger partial charge in [0.1, 0.15) is 0 Å². The van der Waals surface area contributed by atoms with Crippen molar-refractivity contribution in [1.29, 1.82) is 0 Å². The molecule has 0 fully saturated rings. The molecule has 0 bridgehead atoms. The van der Waals surface area contributed by atoms with Crippen LogP contribution in [0.1, 0.15) is 32.6 Å². The van der Waals surface area contributed by atoms with Crippen molar-refractivity contribution < 1.29 is 17.0 Å². The van der Waals surface area contributed by atoms with Crippen LogP contribution in [0.4, 0.5) is 4.39 Å². The molecular formula is C8H17FO3S. The molecule has 0 saturated heterocycles. The summed E-state index contributed by atoms with van der Waals surface area (Å²) >= 11 is 0. The topological polar surface area (TPSA) is 43.4 Å². The minimum atomic E-state index is -3.39. The Hall–Kier alpha value is -0.160. The Bertz CT molecular complexity index is 185. The van der Waals surface area contributed by atoms with Gasteiger partial charge < -0.3 is 0 Å². The minimum absolute atomic E-state index is 0.0688. The van der Waals surface area contributed by atoms with Crippen molar-refractivity contribution in [3.63, 3.8) is 0 Å². The molecule has 0 heterocycles. The predicted molar refractivity (Wildman–Crippen MR) is 49.9 cm³/mol. The zero-order valence-corrected chi connectivity index (χ0v) is 8.78. The van der Waals surface area contributed by atoms with Crippen LogP contribution in [-0.4, -0.2) is 27.5 Å². The van der Waals surface area contributed by atoms with Crippen LogP contribution in [0.5, 0.6) is 0 Å². The summed E-state index contributed by atoms with van der Waals surface area (Å²) in [5.74, 6) is -0.0688. The fourth-order valence-electron chi connectivity index (χ4n) is 0.762. The van der Waals surface area contributed by atoms with Crippen LogP contribution in [0, 0.1) is 0 Å². The lowest BCUT2D eigenvalue weighted by Gasteiger charge is -2.03. The first kappa shape index (κ1) is 12.8. The number of hydrogen-bond donors (Lipinski definition) is 0. The molecule has 0 saturated carbocycles. The highest BCUT2D eigenvalue weighted by Gasteiger charge is 2.09. The summed E-state index contributed by atoms with van der Waals surface area (Å²) in [6, 6.07) is 0. The van der Waals surface area contributed by atoms with Crippen molar-refractivity contribution >= 4 is 10.1 Å². The Morgan fingerprint density at radius 3 is 2.46 bits per heavy atom. The fourth-order valence-corrected chi connectivity index (χ4v) is 1.81. The van der Waals surface area contributed by atoms with E-state index in [-0.39, 0.29) is 18.8 Å². The number of unbranched alkanes of at least 4 members (excludes halogenated alkanes) is 2. The Morgan fingerprint density at radius 1 is 1.23 bits per heavy atom. The molecule has 0 amide bonds. The fraction of sp³-hybridized carbons (Fsp3) is 1.00. The van der Waals surface area contributed by atoms with Crippen molar-refractivity contribution in [2.24, 2.45) is 0 Å². The van der Waals surface area contributed by atoms with E-state index in [9.17, 15) is 12.8 Å². The van der Waals surface area contributed by atoms with E-state index >= 15 is 0 Å². The first-order chi connectivity index (χ1) is 6.12. The van der Waals surface area contributed by atoms with E-state index in [1.54, 1.807) is 0 Å². The normalized spacial score (nSPS) is 11.8. The smallest absolute Gasteiger partial charge is 0.267 e. The number of rotatable bonds is 8. The van der Waals surface area contributed by atoms with E-state index in [1.165, 1.54) is 0 Å². The number of halogens is 1. The Labute approximate surface area is 79.4 Å². The third-order valence-corrected chi connectivity index (χ3v) is 2.85. The third kappa shape index (κ3) is 8.18. The molecule has 0 unspecified atom stereocenters. The first-order valence-electron chi connectivity index (χ1n) is 4.55. The molecule has 0 aliphatic carbocycles. The van der Waals surface area contributed by atoms with Crippen LogP contribution < -0.4 is 0 Å². The lowest BCUT2D eigenvalue weighted by Crippen LogP contribution is -2.11. The van der Waals surface area contributed by atoms with Gasteiger partial charge in [-0.25, -0.2) is 0 Å². The molecular weight excluding hydrogens is 195 g/mol. The molecule has 80 valence electrons. The Kier molecular flexibility index (Phi) is 7.17. The molecule has 13 heavy (non-hydrogen) atoms. The second kappa shape index (κ2) is 7.26. The zero-order chi connectivity index (χ0) is 10.2. The van der Waals surface area contributed by atoms with Gasteiger partial charge in [0, 0.05) is 0 Å². The molecule has 0 N–H and O–H groups in total. The van der Waals surface area contributed by atoms with Gasteiger partial charge >= 0.3 is 0 Å². The zero-order valence-electron chi connectivity index (χ0n) is 7.96. The summed E-state index contributed by atoms with van der Waals surface area (Å²) in [5, 5.41) is 0. The van der Waals surface area contributed by atoms with Gasteiger partial charge in [0.15, 0.2) is 0 Å². The van der Waals surface area contributed by atoms with Gasteiger partial charge in [0.2, 0.25) is 0 Å². The number of alkyl halides is 1. The second-order valence-corrected chi connectivity index (χ2v) is 4.59. The monoisotopic (exact) mass is 212 g/mol. The van der Waals surface area contributed by atoms with Crippen LogP contribution in [0.25, 0.3) is 0 Å². The van der Waals surface area contributed by atoms with E-state index in [0.29, 0.717) is 6.42 Å². The van der Waals surface area contributed by atoms with Crippen LogP contribution in [0.3, 0.4) is 0 Å². The average molecular weight is 212 g/mol. The van der Waals surface area contributed by atoms with Gasteiger partial charge in [0.05, 0.1) is 19.0 Å². The second-order valence-electron chi connectivity index (χ2n) is 2.83. The van der Waals surface area contributed by atoms with Crippen LogP contribution >= 0.6 is 0 Å². The molecule has 0 rings (SSSR count). The van der Waals surface area contributed by atoms with E-state index in [1.807, 2.05) is 6.92 Å². The predicted octanol–water partition coefficient (Wildman–Crippen LogP) is 1.88. The van der Waals surface area contributed by atoms with Gasteiger partial charge in [0.25, 0.3) is 10.1 Å². The maximum absolute atomic E-state index is 11.6. The summed E-state index contributed by atoms with van der Waals surface area (Å²) in [6.07, 6.45) is 2.27. The van der Waals surface area contributed by atoms with Crippen molar-refractivity contribution in [3.8, 4) is 0 Å². The SMILES string of the molecule is CCCCOS(=O)(=O)CCCCF. The molecule has 0 atom stereocenters. The van der Waals surface area contributed by atoms with Crippen molar-refractivity contribution in [1.82, 2.24) is 0 Å². The van der Waals surface area contributed by atoms with E-state index < -0.39 is 16.8 Å². The Balaban J connectivity index is 3.55. The minimum Gasteiger partial charge on any atom is -0.270 e. The molecule has 0 radical (unpaired) electrons. The highest BCUT2D eigenvalue weighted by molar-refractivity contribution is 7.86. The number of hydrogen-bond acceptors (Lipinski definition) is 3. The largest absolute Gasteiger partial charge is 0.270 e. The molecule has 0 aromatic rings. The third-order valence-electron chi connectivity index (χ3n) is 1.54. The van der Waals surface area contributed by atoms with E-state index in [0.717, 1.165) is 12.8 Å². The van der Waals surface area contributed by atoms with Crippen LogP contribution in [-0.2, 0) is 14.3 Å². The van der Waals surface area contributed by atoms with E-state index in [2.05, 4.69) is 4.18 Å². The molecule has 0 aromatic carbocycles.